The second-order valence-corrected chi connectivity index (χ2v) is 10.0. The number of pyridine rings is 1. The summed E-state index contributed by atoms with van der Waals surface area (Å²) in [6, 6.07) is 9.35. The first-order valence-corrected chi connectivity index (χ1v) is 12.7. The molecule has 0 aliphatic carbocycles. The highest BCUT2D eigenvalue weighted by Gasteiger charge is 2.31. The highest BCUT2D eigenvalue weighted by atomic mass is 35.5. The van der Waals surface area contributed by atoms with Crippen LogP contribution in [-0.2, 0) is 6.54 Å². The zero-order valence-corrected chi connectivity index (χ0v) is 22.4. The van der Waals surface area contributed by atoms with E-state index in [-0.39, 0.29) is 22.0 Å². The van der Waals surface area contributed by atoms with E-state index < -0.39 is 6.09 Å². The molecule has 1 saturated heterocycles. The van der Waals surface area contributed by atoms with Gasteiger partial charge in [0, 0.05) is 43.5 Å². The van der Waals surface area contributed by atoms with Gasteiger partial charge in [0.05, 0.1) is 13.3 Å². The van der Waals surface area contributed by atoms with Crippen LogP contribution in [0.5, 0.6) is 5.75 Å². The van der Waals surface area contributed by atoms with Crippen molar-refractivity contribution in [2.45, 2.75) is 33.2 Å². The number of halogens is 1. The number of amides is 1. The number of ether oxygens (including phenoxy) is 1. The zero-order valence-electron chi connectivity index (χ0n) is 21.6. The summed E-state index contributed by atoms with van der Waals surface area (Å²) in [5.74, 6) is 1.65. The van der Waals surface area contributed by atoms with Crippen molar-refractivity contribution in [2.75, 3.05) is 37.0 Å². The molecular formula is C27H31ClN6O4. The summed E-state index contributed by atoms with van der Waals surface area (Å²) < 4.78 is 5.20. The molecule has 1 fully saturated rings. The number of carboxylic acid groups (broad SMARTS) is 1. The predicted octanol–water partition coefficient (Wildman–Crippen LogP) is 4.56. The standard InChI is InChI=1S/C27H31ClN6O4/c1-17-20(8-11-29-25(17)31-14-18-4-6-19(38-3)7-5-18)23(35)22-24(28)33-21(15-30-22)34-12-9-27(2,10-13-34)16-32-26(36)37/h4-8,11,15,32H,9-10,12-14,16H2,1-3H3,(H,29,31)(H,36,37). The summed E-state index contributed by atoms with van der Waals surface area (Å²) in [6.07, 6.45) is 3.70. The number of nitrogens with one attached hydrogen (secondary N) is 2. The molecule has 0 bridgehead atoms. The maximum atomic E-state index is 13.4. The first-order valence-electron chi connectivity index (χ1n) is 12.3. The molecule has 1 aliphatic rings. The summed E-state index contributed by atoms with van der Waals surface area (Å²) in [5, 5.41) is 14.7. The molecule has 3 aromatic rings. The van der Waals surface area contributed by atoms with Crippen molar-refractivity contribution in [3.8, 4) is 5.75 Å². The Kier molecular flexibility index (Phi) is 8.31. The van der Waals surface area contributed by atoms with E-state index in [1.165, 1.54) is 0 Å². The molecule has 1 aliphatic heterocycles. The van der Waals surface area contributed by atoms with Crippen molar-refractivity contribution >= 4 is 35.1 Å². The number of methoxy groups -OCH3 is 1. The molecule has 0 atom stereocenters. The predicted molar refractivity (Wildman–Crippen MR) is 145 cm³/mol. The molecule has 0 saturated carbocycles. The molecule has 200 valence electrons. The van der Waals surface area contributed by atoms with Crippen LogP contribution in [0.4, 0.5) is 16.4 Å². The van der Waals surface area contributed by atoms with E-state index in [2.05, 4.69) is 37.4 Å². The number of anilines is 2. The lowest BCUT2D eigenvalue weighted by atomic mass is 9.80. The fraction of sp³-hybridized carbons (Fsp3) is 0.370. The van der Waals surface area contributed by atoms with Gasteiger partial charge < -0.3 is 25.4 Å². The van der Waals surface area contributed by atoms with E-state index in [4.69, 9.17) is 21.4 Å². The Hall–Kier alpha value is -3.92. The van der Waals surface area contributed by atoms with Gasteiger partial charge in [-0.3, -0.25) is 4.79 Å². The van der Waals surface area contributed by atoms with Crippen LogP contribution in [0.3, 0.4) is 0 Å². The lowest BCUT2D eigenvalue weighted by molar-refractivity contribution is 0.103. The molecule has 3 N–H and O–H groups in total. The van der Waals surface area contributed by atoms with Gasteiger partial charge in [-0.25, -0.2) is 19.7 Å². The van der Waals surface area contributed by atoms with E-state index in [0.29, 0.717) is 48.9 Å². The summed E-state index contributed by atoms with van der Waals surface area (Å²) in [4.78, 5) is 39.5. The third kappa shape index (κ3) is 6.31. The van der Waals surface area contributed by atoms with Crippen LogP contribution in [-0.4, -0.2) is 58.7 Å². The lowest BCUT2D eigenvalue weighted by Gasteiger charge is -2.39. The fourth-order valence-electron chi connectivity index (χ4n) is 4.42. The Morgan fingerprint density at radius 3 is 2.50 bits per heavy atom. The van der Waals surface area contributed by atoms with Crippen LogP contribution in [0.15, 0.2) is 42.7 Å². The minimum Gasteiger partial charge on any atom is -0.497 e. The Morgan fingerprint density at radius 2 is 1.87 bits per heavy atom. The molecule has 10 nitrogen and oxygen atoms in total. The smallest absolute Gasteiger partial charge is 0.404 e. The second-order valence-electron chi connectivity index (χ2n) is 9.69. The van der Waals surface area contributed by atoms with Crippen LogP contribution in [0.25, 0.3) is 0 Å². The van der Waals surface area contributed by atoms with E-state index in [1.807, 2.05) is 31.2 Å². The van der Waals surface area contributed by atoms with Gasteiger partial charge in [-0.05, 0) is 48.9 Å². The number of rotatable bonds is 9. The molecule has 1 amide bonds. The molecule has 0 spiro atoms. The van der Waals surface area contributed by atoms with Crippen molar-refractivity contribution in [3.63, 3.8) is 0 Å². The highest BCUT2D eigenvalue weighted by Crippen LogP contribution is 2.32. The van der Waals surface area contributed by atoms with E-state index in [9.17, 15) is 9.59 Å². The summed E-state index contributed by atoms with van der Waals surface area (Å²) in [7, 11) is 1.63. The van der Waals surface area contributed by atoms with Crippen molar-refractivity contribution in [1.29, 1.82) is 0 Å². The quantitative estimate of drug-likeness (QED) is 0.336. The minimum absolute atomic E-state index is 0.0392. The number of benzene rings is 1. The third-order valence-electron chi connectivity index (χ3n) is 6.96. The van der Waals surface area contributed by atoms with Crippen LogP contribution in [0.2, 0.25) is 5.15 Å². The van der Waals surface area contributed by atoms with Gasteiger partial charge in [0.2, 0.25) is 5.78 Å². The van der Waals surface area contributed by atoms with Crippen LogP contribution < -0.4 is 20.3 Å². The Balaban J connectivity index is 1.43. The Bertz CT molecular complexity index is 1310. The second kappa shape index (κ2) is 11.6. The zero-order chi connectivity index (χ0) is 27.3. The summed E-state index contributed by atoms with van der Waals surface area (Å²) in [5.41, 5.74) is 2.14. The summed E-state index contributed by atoms with van der Waals surface area (Å²) in [6.45, 7) is 6.20. The van der Waals surface area contributed by atoms with Gasteiger partial charge >= 0.3 is 6.09 Å². The van der Waals surface area contributed by atoms with Gasteiger partial charge in [0.15, 0.2) is 5.15 Å². The first-order chi connectivity index (χ1) is 18.2. The average molecular weight is 539 g/mol. The Labute approximate surface area is 226 Å². The number of piperidine rings is 1. The first kappa shape index (κ1) is 27.1. The molecular weight excluding hydrogens is 508 g/mol. The molecule has 38 heavy (non-hydrogen) atoms. The SMILES string of the molecule is COc1ccc(CNc2nccc(C(=O)c3ncc(N4CCC(C)(CNC(=O)O)CC4)nc3Cl)c2C)cc1. The Morgan fingerprint density at radius 1 is 1.16 bits per heavy atom. The van der Waals surface area contributed by atoms with Crippen LogP contribution in [0.1, 0.15) is 46.9 Å². The van der Waals surface area contributed by atoms with Gasteiger partial charge in [-0.15, -0.1) is 0 Å². The van der Waals surface area contributed by atoms with Gasteiger partial charge in [0.1, 0.15) is 23.1 Å². The molecule has 1 aromatic carbocycles. The van der Waals surface area contributed by atoms with Gasteiger partial charge in [-0.1, -0.05) is 30.7 Å². The number of hydrogen-bond acceptors (Lipinski definition) is 8. The number of aromatic nitrogens is 3. The van der Waals surface area contributed by atoms with Crippen LogP contribution >= 0.6 is 11.6 Å². The molecule has 0 radical (unpaired) electrons. The van der Waals surface area contributed by atoms with Crippen LogP contribution in [0, 0.1) is 12.3 Å². The molecule has 3 heterocycles. The van der Waals surface area contributed by atoms with Gasteiger partial charge in [-0.2, -0.15) is 0 Å². The number of carbonyl (C=O) groups excluding carboxylic acids is 1. The van der Waals surface area contributed by atoms with E-state index in [0.717, 1.165) is 24.2 Å². The molecule has 11 heteroatoms. The maximum absolute atomic E-state index is 13.4. The normalized spacial score (nSPS) is 14.6. The topological polar surface area (TPSA) is 130 Å². The number of carbonyl (C=O) groups is 2. The highest BCUT2D eigenvalue weighted by molar-refractivity contribution is 6.33. The minimum atomic E-state index is -1.02. The maximum Gasteiger partial charge on any atom is 0.404 e. The van der Waals surface area contributed by atoms with E-state index >= 15 is 0 Å². The molecule has 4 rings (SSSR count). The number of nitrogens with zero attached hydrogens (tertiary/aromatic N) is 4. The van der Waals surface area contributed by atoms with E-state index in [1.54, 1.807) is 25.6 Å². The summed E-state index contributed by atoms with van der Waals surface area (Å²) >= 11 is 6.45. The van der Waals surface area contributed by atoms with Crippen molar-refractivity contribution in [3.05, 3.63) is 70.3 Å². The molecule has 0 unspecified atom stereocenters. The monoisotopic (exact) mass is 538 g/mol. The van der Waals surface area contributed by atoms with Crippen molar-refractivity contribution in [1.82, 2.24) is 20.3 Å². The lowest BCUT2D eigenvalue weighted by Crippen LogP contribution is -2.44. The fourth-order valence-corrected chi connectivity index (χ4v) is 4.64. The van der Waals surface area contributed by atoms with Crippen molar-refractivity contribution in [2.24, 2.45) is 5.41 Å². The van der Waals surface area contributed by atoms with Crippen molar-refractivity contribution < 1.29 is 19.4 Å². The third-order valence-corrected chi connectivity index (χ3v) is 7.22. The largest absolute Gasteiger partial charge is 0.497 e. The average Bonchev–Trinajstić information content (AvgIpc) is 2.92. The van der Waals surface area contributed by atoms with Gasteiger partial charge in [0.25, 0.3) is 0 Å². The molecule has 2 aromatic heterocycles. The number of hydrogen-bond donors (Lipinski definition) is 3. The number of ketones is 1.